The molecule has 1 heterocycles. The maximum Gasteiger partial charge on any atom is 0.492 e. The maximum atomic E-state index is 10.3. The van der Waals surface area contributed by atoms with E-state index in [-0.39, 0.29) is 0 Å². The van der Waals surface area contributed by atoms with Crippen LogP contribution in [0.3, 0.4) is 0 Å². The van der Waals surface area contributed by atoms with Gasteiger partial charge in [-0.1, -0.05) is 0 Å². The molecule has 0 aliphatic heterocycles. The van der Waals surface area contributed by atoms with Gasteiger partial charge < -0.3 is 15.8 Å². The fourth-order valence-electron chi connectivity index (χ4n) is 0.772. The molecular weight excluding hydrogens is 242 g/mol. The molecule has 0 aliphatic carbocycles. The van der Waals surface area contributed by atoms with Crippen LogP contribution >= 0.6 is 15.9 Å². The van der Waals surface area contributed by atoms with E-state index in [0.717, 1.165) is 0 Å². The highest BCUT2D eigenvalue weighted by Gasteiger charge is 2.18. The number of rotatable bonds is 4. The van der Waals surface area contributed by atoms with Crippen molar-refractivity contribution in [1.82, 2.24) is 14.8 Å². The van der Waals surface area contributed by atoms with Crippen LogP contribution in [0.5, 0.6) is 0 Å². The molecule has 72 valence electrons. The highest BCUT2D eigenvalue weighted by atomic mass is 79.9. The Labute approximate surface area is 82.2 Å². The van der Waals surface area contributed by atoms with Gasteiger partial charge in [0, 0.05) is 21.0 Å². The van der Waals surface area contributed by atoms with Gasteiger partial charge in [-0.3, -0.25) is 0 Å². The van der Waals surface area contributed by atoms with Crippen molar-refractivity contribution in [2.75, 3.05) is 6.54 Å². The van der Waals surface area contributed by atoms with Gasteiger partial charge in [-0.15, -0.1) is 0 Å². The number of halogens is 1. The Hall–Kier alpha value is -1.02. The van der Waals surface area contributed by atoms with Crippen molar-refractivity contribution < 1.29 is 4.92 Å². The molecule has 0 saturated heterocycles. The molecule has 0 unspecified atom stereocenters. The molecule has 1 aromatic rings. The number of hydrogen-bond acceptors (Lipinski definition) is 5. The summed E-state index contributed by atoms with van der Waals surface area (Å²) in [5.41, 5.74) is 5.28. The third-order valence-electron chi connectivity index (χ3n) is 1.35. The van der Waals surface area contributed by atoms with Crippen LogP contribution in [-0.2, 0) is 6.54 Å². The zero-order valence-electron chi connectivity index (χ0n) is 6.68. The molecule has 0 saturated carbocycles. The number of aryl methyl sites for hydroxylation is 1. The summed E-state index contributed by atoms with van der Waals surface area (Å²) in [5.74, 6) is -0.399. The minimum absolute atomic E-state index is 0.354. The van der Waals surface area contributed by atoms with E-state index in [0.29, 0.717) is 24.2 Å². The maximum absolute atomic E-state index is 10.3. The lowest BCUT2D eigenvalue weighted by molar-refractivity contribution is -0.394. The topological polar surface area (TPSA) is 99.9 Å². The van der Waals surface area contributed by atoms with Gasteiger partial charge in [0.2, 0.25) is 0 Å². The highest BCUT2D eigenvalue weighted by molar-refractivity contribution is 9.10. The van der Waals surface area contributed by atoms with Crippen LogP contribution in [0.15, 0.2) is 4.73 Å². The molecule has 2 N–H and O–H groups in total. The average Bonchev–Trinajstić information content (AvgIpc) is 2.44. The van der Waals surface area contributed by atoms with Crippen LogP contribution in [0.4, 0.5) is 5.95 Å². The minimum Gasteiger partial charge on any atom is -0.390 e. The predicted molar refractivity (Wildman–Crippen MR) is 48.0 cm³/mol. The molecule has 13 heavy (non-hydrogen) atoms. The van der Waals surface area contributed by atoms with E-state index in [9.17, 15) is 10.1 Å². The summed E-state index contributed by atoms with van der Waals surface area (Å²) in [6.07, 6.45) is 0.707. The van der Waals surface area contributed by atoms with Crippen LogP contribution < -0.4 is 5.73 Å². The third kappa shape index (κ3) is 2.46. The molecule has 0 aliphatic rings. The van der Waals surface area contributed by atoms with Gasteiger partial charge in [-0.05, 0) is 22.9 Å². The minimum atomic E-state index is -0.635. The van der Waals surface area contributed by atoms with Crippen molar-refractivity contribution in [1.29, 1.82) is 0 Å². The van der Waals surface area contributed by atoms with Crippen LogP contribution in [0.2, 0.25) is 0 Å². The second-order valence-electron chi connectivity index (χ2n) is 2.30. The molecule has 1 rings (SSSR count). The molecular formula is C5H8BrN5O2. The van der Waals surface area contributed by atoms with Gasteiger partial charge in [0.15, 0.2) is 0 Å². The van der Waals surface area contributed by atoms with E-state index < -0.39 is 10.9 Å². The lowest BCUT2D eigenvalue weighted by Gasteiger charge is -1.93. The fraction of sp³-hybridized carbons (Fsp3) is 0.600. The number of nitro groups is 1. The van der Waals surface area contributed by atoms with Gasteiger partial charge in [0.25, 0.3) is 4.73 Å². The van der Waals surface area contributed by atoms with Crippen molar-refractivity contribution in [2.45, 2.75) is 13.0 Å². The average molecular weight is 250 g/mol. The van der Waals surface area contributed by atoms with Crippen LogP contribution in [0, 0.1) is 10.1 Å². The number of aromatic nitrogens is 3. The second kappa shape index (κ2) is 4.28. The molecule has 0 amide bonds. The third-order valence-corrected chi connectivity index (χ3v) is 1.94. The molecule has 7 nitrogen and oxygen atoms in total. The smallest absolute Gasteiger partial charge is 0.390 e. The predicted octanol–water partition coefficient (Wildman–Crippen LogP) is 0.298. The van der Waals surface area contributed by atoms with Gasteiger partial charge in [-0.25, -0.2) is 0 Å². The standard InChI is InChI=1S/C5H8BrN5O2/c6-4-8-5(11(12)13)9-10(4)3-1-2-7/h1-3,7H2. The molecule has 0 fully saturated rings. The normalized spacial score (nSPS) is 10.3. The first kappa shape index (κ1) is 10.1. The first-order valence-electron chi connectivity index (χ1n) is 3.60. The van der Waals surface area contributed by atoms with Crippen LogP contribution in [-0.4, -0.2) is 26.2 Å². The molecule has 0 aromatic carbocycles. The van der Waals surface area contributed by atoms with Gasteiger partial charge in [0.1, 0.15) is 0 Å². The van der Waals surface area contributed by atoms with Crippen LogP contribution in [0.25, 0.3) is 0 Å². The quantitative estimate of drug-likeness (QED) is 0.611. The van der Waals surface area contributed by atoms with E-state index in [1.165, 1.54) is 4.68 Å². The van der Waals surface area contributed by atoms with E-state index in [2.05, 4.69) is 26.0 Å². The molecule has 0 bridgehead atoms. The van der Waals surface area contributed by atoms with E-state index in [1.807, 2.05) is 0 Å². The fourth-order valence-corrected chi connectivity index (χ4v) is 1.19. The Balaban J connectivity index is 2.77. The molecule has 0 atom stereocenters. The van der Waals surface area contributed by atoms with E-state index in [1.54, 1.807) is 0 Å². The first-order chi connectivity index (χ1) is 6.15. The summed E-state index contributed by atoms with van der Waals surface area (Å²) in [4.78, 5) is 13.2. The van der Waals surface area contributed by atoms with Crippen LogP contribution in [0.1, 0.15) is 6.42 Å². The Morgan fingerprint density at radius 2 is 2.38 bits per heavy atom. The van der Waals surface area contributed by atoms with Gasteiger partial charge in [-0.2, -0.15) is 4.68 Å². The van der Waals surface area contributed by atoms with Crippen molar-refractivity contribution in [2.24, 2.45) is 5.73 Å². The molecule has 0 radical (unpaired) electrons. The SMILES string of the molecule is NCCCn1nc([N+](=O)[O-])nc1Br. The molecule has 8 heteroatoms. The van der Waals surface area contributed by atoms with Crippen molar-refractivity contribution in [3.05, 3.63) is 14.8 Å². The number of nitrogens with two attached hydrogens (primary N) is 1. The number of hydrogen-bond donors (Lipinski definition) is 1. The largest absolute Gasteiger partial charge is 0.492 e. The molecule has 0 spiro atoms. The zero-order chi connectivity index (χ0) is 9.84. The summed E-state index contributed by atoms with van der Waals surface area (Å²) in [5, 5.41) is 13.9. The summed E-state index contributed by atoms with van der Waals surface area (Å²) in [7, 11) is 0. The van der Waals surface area contributed by atoms with E-state index in [4.69, 9.17) is 5.73 Å². The Bertz CT molecular complexity index is 312. The second-order valence-corrected chi connectivity index (χ2v) is 3.01. The summed E-state index contributed by atoms with van der Waals surface area (Å²) in [6, 6.07) is 0. The Morgan fingerprint density at radius 3 is 2.85 bits per heavy atom. The Kier molecular flexibility index (Phi) is 3.32. The lowest BCUT2D eigenvalue weighted by atomic mass is 10.4. The number of nitrogens with zero attached hydrogens (tertiary/aromatic N) is 4. The Morgan fingerprint density at radius 1 is 1.69 bits per heavy atom. The van der Waals surface area contributed by atoms with Gasteiger partial charge in [0.05, 0.1) is 6.54 Å². The van der Waals surface area contributed by atoms with Gasteiger partial charge >= 0.3 is 5.95 Å². The van der Waals surface area contributed by atoms with Crippen molar-refractivity contribution >= 4 is 21.9 Å². The summed E-state index contributed by atoms with van der Waals surface area (Å²) >= 11 is 3.06. The van der Waals surface area contributed by atoms with E-state index >= 15 is 0 Å². The van der Waals surface area contributed by atoms with Crippen molar-refractivity contribution in [3.63, 3.8) is 0 Å². The summed E-state index contributed by atoms with van der Waals surface area (Å²) < 4.78 is 1.76. The molecule has 1 aromatic heterocycles. The lowest BCUT2D eigenvalue weighted by Crippen LogP contribution is -2.07. The first-order valence-corrected chi connectivity index (χ1v) is 4.39. The van der Waals surface area contributed by atoms with Crippen molar-refractivity contribution in [3.8, 4) is 0 Å². The highest BCUT2D eigenvalue weighted by Crippen LogP contribution is 2.11. The zero-order valence-corrected chi connectivity index (χ0v) is 8.27. The monoisotopic (exact) mass is 249 g/mol. The summed E-state index contributed by atoms with van der Waals surface area (Å²) in [6.45, 7) is 1.04.